The van der Waals surface area contributed by atoms with Crippen molar-refractivity contribution < 1.29 is 8.42 Å². The Hall–Kier alpha value is 0.380. The molecule has 0 radical (unpaired) electrons. The minimum atomic E-state index is -3.47. The molecule has 1 aromatic carbocycles. The zero-order valence-corrected chi connectivity index (χ0v) is 16.5. The number of rotatable bonds is 5. The van der Waals surface area contributed by atoms with Crippen LogP contribution in [-0.4, -0.2) is 31.2 Å². The van der Waals surface area contributed by atoms with E-state index in [1.54, 1.807) is 10.4 Å². The Morgan fingerprint density at radius 2 is 2.05 bits per heavy atom. The maximum atomic E-state index is 12.9. The number of sulfonamides is 1. The molecule has 0 bridgehead atoms. The number of alkyl halides is 1. The van der Waals surface area contributed by atoms with E-state index in [4.69, 9.17) is 11.6 Å². The monoisotopic (exact) mass is 457 g/mol. The fourth-order valence-corrected chi connectivity index (χ4v) is 6.20. The van der Waals surface area contributed by atoms with Gasteiger partial charge in [0.1, 0.15) is 0 Å². The first-order valence-electron chi connectivity index (χ1n) is 6.91. The molecule has 0 amide bonds. The fraction of sp³-hybridized carbons (Fsp3) is 0.571. The van der Waals surface area contributed by atoms with Gasteiger partial charge < -0.3 is 0 Å². The van der Waals surface area contributed by atoms with Crippen LogP contribution in [0.15, 0.2) is 26.0 Å². The van der Waals surface area contributed by atoms with Crippen molar-refractivity contribution in [3.8, 4) is 0 Å². The lowest BCUT2D eigenvalue weighted by Crippen LogP contribution is -2.35. The molecule has 0 aromatic heterocycles. The Labute approximate surface area is 148 Å². The molecule has 1 fully saturated rings. The highest BCUT2D eigenvalue weighted by Crippen LogP contribution is 2.34. The molecule has 1 aromatic rings. The van der Waals surface area contributed by atoms with Crippen molar-refractivity contribution in [3.05, 3.63) is 26.6 Å². The quantitative estimate of drug-likeness (QED) is 0.599. The van der Waals surface area contributed by atoms with Crippen LogP contribution in [0.1, 0.15) is 31.2 Å². The number of benzene rings is 1. The summed E-state index contributed by atoms with van der Waals surface area (Å²) >= 11 is 12.5. The Morgan fingerprint density at radius 1 is 1.33 bits per heavy atom. The molecular weight excluding hydrogens is 441 g/mol. The molecule has 1 heterocycles. The first-order valence-corrected chi connectivity index (χ1v) is 10.5. The van der Waals surface area contributed by atoms with Gasteiger partial charge in [0.05, 0.1) is 4.90 Å². The van der Waals surface area contributed by atoms with Gasteiger partial charge in [-0.2, -0.15) is 4.31 Å². The lowest BCUT2D eigenvalue weighted by atomic mass is 10.1. The summed E-state index contributed by atoms with van der Waals surface area (Å²) in [5, 5.41) is 0. The van der Waals surface area contributed by atoms with Crippen LogP contribution in [0.2, 0.25) is 0 Å². The SMILES string of the molecule is Cc1cc(Br)c(S(=O)(=O)N2CCCC2CCCCl)cc1Br. The van der Waals surface area contributed by atoms with Crippen molar-refractivity contribution in [1.29, 1.82) is 0 Å². The van der Waals surface area contributed by atoms with Gasteiger partial charge in [-0.15, -0.1) is 11.6 Å². The second-order valence-electron chi connectivity index (χ2n) is 5.27. The fourth-order valence-electron chi connectivity index (χ4n) is 2.68. The third-order valence-corrected chi connectivity index (χ3v) is 7.83. The Kier molecular flexibility index (Phi) is 6.16. The first-order chi connectivity index (χ1) is 9.87. The molecule has 1 unspecified atom stereocenters. The maximum Gasteiger partial charge on any atom is 0.244 e. The average Bonchev–Trinajstić information content (AvgIpc) is 2.89. The molecule has 0 N–H and O–H groups in total. The second-order valence-corrected chi connectivity index (χ2v) is 9.22. The molecule has 1 aliphatic rings. The van der Waals surface area contributed by atoms with E-state index in [2.05, 4.69) is 31.9 Å². The van der Waals surface area contributed by atoms with Crippen LogP contribution in [0.25, 0.3) is 0 Å². The summed E-state index contributed by atoms with van der Waals surface area (Å²) in [5.74, 6) is 0.574. The molecule has 1 saturated heterocycles. The lowest BCUT2D eigenvalue weighted by Gasteiger charge is -2.24. The zero-order valence-electron chi connectivity index (χ0n) is 11.8. The van der Waals surface area contributed by atoms with E-state index in [0.717, 1.165) is 35.7 Å². The van der Waals surface area contributed by atoms with E-state index in [1.807, 2.05) is 13.0 Å². The van der Waals surface area contributed by atoms with Crippen LogP contribution in [0.3, 0.4) is 0 Å². The summed E-state index contributed by atoms with van der Waals surface area (Å²) in [6.45, 7) is 2.53. The number of hydrogen-bond donors (Lipinski definition) is 0. The smallest absolute Gasteiger partial charge is 0.207 e. The van der Waals surface area contributed by atoms with Gasteiger partial charge in [0, 0.05) is 27.4 Å². The van der Waals surface area contributed by atoms with E-state index >= 15 is 0 Å². The molecule has 2 rings (SSSR count). The van der Waals surface area contributed by atoms with Gasteiger partial charge in [-0.1, -0.05) is 15.9 Å². The van der Waals surface area contributed by atoms with E-state index in [0.29, 0.717) is 21.8 Å². The molecule has 21 heavy (non-hydrogen) atoms. The standard InChI is InChI=1S/C14H18Br2ClNO2S/c1-10-8-13(16)14(9-12(10)15)21(19,20)18-7-3-5-11(18)4-2-6-17/h8-9,11H,2-7H2,1H3. The maximum absolute atomic E-state index is 12.9. The van der Waals surface area contributed by atoms with E-state index in [-0.39, 0.29) is 6.04 Å². The molecule has 7 heteroatoms. The van der Waals surface area contributed by atoms with Crippen LogP contribution in [-0.2, 0) is 10.0 Å². The van der Waals surface area contributed by atoms with Crippen molar-refractivity contribution in [2.75, 3.05) is 12.4 Å². The predicted molar refractivity (Wildman–Crippen MR) is 93.4 cm³/mol. The van der Waals surface area contributed by atoms with E-state index in [9.17, 15) is 8.42 Å². The minimum absolute atomic E-state index is 0.0701. The summed E-state index contributed by atoms with van der Waals surface area (Å²) in [5.41, 5.74) is 1.00. The minimum Gasteiger partial charge on any atom is -0.207 e. The number of halogens is 3. The van der Waals surface area contributed by atoms with Crippen molar-refractivity contribution in [2.24, 2.45) is 0 Å². The van der Waals surface area contributed by atoms with Gasteiger partial charge in [-0.25, -0.2) is 8.42 Å². The summed E-state index contributed by atoms with van der Waals surface area (Å²) in [4.78, 5) is 0.331. The molecule has 0 aliphatic carbocycles. The summed E-state index contributed by atoms with van der Waals surface area (Å²) in [6.07, 6.45) is 3.50. The second kappa shape index (κ2) is 7.30. The van der Waals surface area contributed by atoms with Gasteiger partial charge in [0.25, 0.3) is 0 Å². The molecular formula is C14H18Br2ClNO2S. The van der Waals surface area contributed by atoms with E-state index in [1.165, 1.54) is 0 Å². The van der Waals surface area contributed by atoms with Gasteiger partial charge >= 0.3 is 0 Å². The molecule has 0 spiro atoms. The Bertz CT molecular complexity index is 622. The van der Waals surface area contributed by atoms with Gasteiger partial charge in [0.15, 0.2) is 0 Å². The number of nitrogens with zero attached hydrogens (tertiary/aromatic N) is 1. The molecule has 1 atom stereocenters. The summed E-state index contributed by atoms with van der Waals surface area (Å²) in [7, 11) is -3.47. The Balaban J connectivity index is 2.35. The largest absolute Gasteiger partial charge is 0.244 e. The highest BCUT2D eigenvalue weighted by atomic mass is 79.9. The van der Waals surface area contributed by atoms with Crippen molar-refractivity contribution in [1.82, 2.24) is 4.31 Å². The van der Waals surface area contributed by atoms with Gasteiger partial charge in [0.2, 0.25) is 10.0 Å². The summed E-state index contributed by atoms with van der Waals surface area (Å²) in [6, 6.07) is 3.59. The van der Waals surface area contributed by atoms with Gasteiger partial charge in [-0.3, -0.25) is 0 Å². The summed E-state index contributed by atoms with van der Waals surface area (Å²) < 4.78 is 28.9. The molecule has 3 nitrogen and oxygen atoms in total. The molecule has 0 saturated carbocycles. The zero-order chi connectivity index (χ0) is 15.6. The highest BCUT2D eigenvalue weighted by molar-refractivity contribution is 9.11. The van der Waals surface area contributed by atoms with Crippen LogP contribution >= 0.6 is 43.5 Å². The van der Waals surface area contributed by atoms with Gasteiger partial charge in [-0.05, 0) is 66.2 Å². The first kappa shape index (κ1) is 17.7. The topological polar surface area (TPSA) is 37.4 Å². The third kappa shape index (κ3) is 3.83. The van der Waals surface area contributed by atoms with Crippen LogP contribution in [0, 0.1) is 6.92 Å². The molecule has 118 valence electrons. The van der Waals surface area contributed by atoms with E-state index < -0.39 is 10.0 Å². The highest BCUT2D eigenvalue weighted by Gasteiger charge is 2.36. The van der Waals surface area contributed by atoms with Crippen molar-refractivity contribution in [2.45, 2.75) is 43.5 Å². The average molecular weight is 460 g/mol. The number of hydrogen-bond acceptors (Lipinski definition) is 2. The normalized spacial score (nSPS) is 20.1. The molecule has 1 aliphatic heterocycles. The Morgan fingerprint density at radius 3 is 2.71 bits per heavy atom. The van der Waals surface area contributed by atoms with Crippen molar-refractivity contribution in [3.63, 3.8) is 0 Å². The van der Waals surface area contributed by atoms with Crippen LogP contribution < -0.4 is 0 Å². The predicted octanol–water partition coefficient (Wildman–Crippen LogP) is 4.69. The van der Waals surface area contributed by atoms with Crippen LogP contribution in [0.5, 0.6) is 0 Å². The van der Waals surface area contributed by atoms with Crippen LogP contribution in [0.4, 0.5) is 0 Å². The third-order valence-electron chi connectivity index (χ3n) is 3.79. The lowest BCUT2D eigenvalue weighted by molar-refractivity contribution is 0.368. The number of aryl methyl sites for hydroxylation is 1. The van der Waals surface area contributed by atoms with Crippen molar-refractivity contribution >= 4 is 53.5 Å².